The highest BCUT2D eigenvalue weighted by atomic mass is 16.5. The first-order valence-electron chi connectivity index (χ1n) is 8.95. The predicted molar refractivity (Wildman–Crippen MR) is 99.1 cm³/mol. The molecule has 4 rings (SSSR count). The highest BCUT2D eigenvalue weighted by Gasteiger charge is 2.20. The van der Waals surface area contributed by atoms with E-state index in [4.69, 9.17) is 4.74 Å². The second-order valence-corrected chi connectivity index (χ2v) is 6.80. The molecular formula is C19H23N5O2. The van der Waals surface area contributed by atoms with E-state index in [9.17, 15) is 5.11 Å². The molecule has 1 aliphatic rings. The number of nitrogens with zero attached hydrogens (tertiary/aromatic N) is 4. The van der Waals surface area contributed by atoms with Crippen molar-refractivity contribution in [2.45, 2.75) is 45.9 Å². The summed E-state index contributed by atoms with van der Waals surface area (Å²) >= 11 is 0. The second kappa shape index (κ2) is 6.92. The largest absolute Gasteiger partial charge is 0.507 e. The molecule has 0 amide bonds. The summed E-state index contributed by atoms with van der Waals surface area (Å²) in [6, 6.07) is 3.95. The number of hydrogen-bond donors (Lipinski definition) is 2. The molecule has 0 bridgehead atoms. The molecule has 3 aromatic rings. The third-order valence-electron chi connectivity index (χ3n) is 4.84. The summed E-state index contributed by atoms with van der Waals surface area (Å²) in [5.41, 5.74) is 4.35. The number of phenols is 1. The first kappa shape index (κ1) is 16.8. The normalized spacial score (nSPS) is 17.5. The number of aryl methyl sites for hydroxylation is 2. The Labute approximate surface area is 152 Å². The van der Waals surface area contributed by atoms with Crippen molar-refractivity contribution in [3.05, 3.63) is 41.5 Å². The van der Waals surface area contributed by atoms with Crippen LogP contribution >= 0.6 is 0 Å². The molecule has 1 atom stereocenters. The van der Waals surface area contributed by atoms with Crippen molar-refractivity contribution >= 4 is 17.0 Å². The zero-order chi connectivity index (χ0) is 18.1. The Bertz CT molecular complexity index is 908. The van der Waals surface area contributed by atoms with Crippen molar-refractivity contribution in [3.8, 4) is 5.75 Å². The fourth-order valence-corrected chi connectivity index (χ4v) is 3.47. The summed E-state index contributed by atoms with van der Waals surface area (Å²) in [5.74, 6) is 1.05. The summed E-state index contributed by atoms with van der Waals surface area (Å²) in [5, 5.41) is 13.3. The third-order valence-corrected chi connectivity index (χ3v) is 4.84. The molecular weight excluding hydrogens is 330 g/mol. The molecule has 1 unspecified atom stereocenters. The summed E-state index contributed by atoms with van der Waals surface area (Å²) in [7, 11) is 0. The van der Waals surface area contributed by atoms with Gasteiger partial charge >= 0.3 is 0 Å². The molecule has 0 aliphatic carbocycles. The van der Waals surface area contributed by atoms with Gasteiger partial charge in [-0.2, -0.15) is 0 Å². The smallest absolute Gasteiger partial charge is 0.167 e. The van der Waals surface area contributed by atoms with Crippen molar-refractivity contribution < 1.29 is 9.84 Å². The maximum Gasteiger partial charge on any atom is 0.167 e. The molecule has 7 nitrogen and oxygen atoms in total. The van der Waals surface area contributed by atoms with Crippen LogP contribution in [0, 0.1) is 13.8 Å². The molecule has 1 fully saturated rings. The lowest BCUT2D eigenvalue weighted by atomic mass is 10.1. The molecule has 7 heteroatoms. The van der Waals surface area contributed by atoms with Gasteiger partial charge in [0.25, 0.3) is 0 Å². The monoisotopic (exact) mass is 353 g/mol. The van der Waals surface area contributed by atoms with Crippen molar-refractivity contribution in [1.82, 2.24) is 19.5 Å². The van der Waals surface area contributed by atoms with Crippen LogP contribution in [0.5, 0.6) is 5.75 Å². The summed E-state index contributed by atoms with van der Waals surface area (Å²) < 4.78 is 7.85. The number of fused-ring (bicyclic) bond motifs is 1. The first-order chi connectivity index (χ1) is 12.6. The summed E-state index contributed by atoms with van der Waals surface area (Å²) in [6.45, 7) is 5.18. The van der Waals surface area contributed by atoms with Crippen LogP contribution in [0.3, 0.4) is 0 Å². The topological polar surface area (TPSA) is 85.1 Å². The number of aromatic hydroxyl groups is 1. The highest BCUT2D eigenvalue weighted by Crippen LogP contribution is 2.28. The Morgan fingerprint density at radius 3 is 2.73 bits per heavy atom. The average molecular weight is 353 g/mol. The molecule has 26 heavy (non-hydrogen) atoms. The molecule has 136 valence electrons. The SMILES string of the molecule is Cc1cc(CNc2ncnc3c2ncn3C2CCCCO2)cc(C)c1O. The van der Waals surface area contributed by atoms with Crippen LogP contribution < -0.4 is 5.32 Å². The van der Waals surface area contributed by atoms with Gasteiger partial charge < -0.3 is 15.2 Å². The molecule has 1 aliphatic heterocycles. The van der Waals surface area contributed by atoms with Crippen LogP contribution in [0.15, 0.2) is 24.8 Å². The number of anilines is 1. The van der Waals surface area contributed by atoms with Crippen LogP contribution in [-0.2, 0) is 11.3 Å². The Morgan fingerprint density at radius 1 is 1.19 bits per heavy atom. The fourth-order valence-electron chi connectivity index (χ4n) is 3.47. The maximum absolute atomic E-state index is 9.92. The van der Waals surface area contributed by atoms with E-state index in [2.05, 4.69) is 20.3 Å². The molecule has 2 aromatic heterocycles. The Balaban J connectivity index is 1.58. The standard InChI is InChI=1S/C19H23N5O2/c1-12-7-14(8-13(2)17(12)25)9-20-18-16-19(22-10-21-18)24(11-23-16)15-5-3-4-6-26-15/h7-8,10-11,15,25H,3-6,9H2,1-2H3,(H,20,21,22). The van der Waals surface area contributed by atoms with Crippen LogP contribution in [0.1, 0.15) is 42.2 Å². The number of phenolic OH excluding ortho intramolecular Hbond substituents is 1. The summed E-state index contributed by atoms with van der Waals surface area (Å²) in [4.78, 5) is 13.3. The van der Waals surface area contributed by atoms with Crippen LogP contribution in [0.2, 0.25) is 0 Å². The summed E-state index contributed by atoms with van der Waals surface area (Å²) in [6.07, 6.45) is 6.58. The van der Waals surface area contributed by atoms with Gasteiger partial charge in [0.1, 0.15) is 18.3 Å². The van der Waals surface area contributed by atoms with Crippen LogP contribution in [-0.4, -0.2) is 31.2 Å². The van der Waals surface area contributed by atoms with Gasteiger partial charge in [-0.1, -0.05) is 12.1 Å². The highest BCUT2D eigenvalue weighted by molar-refractivity contribution is 5.82. The van der Waals surface area contributed by atoms with E-state index < -0.39 is 0 Å². The molecule has 2 N–H and O–H groups in total. The van der Waals surface area contributed by atoms with E-state index in [0.29, 0.717) is 18.1 Å². The number of ether oxygens (including phenoxy) is 1. The second-order valence-electron chi connectivity index (χ2n) is 6.80. The molecule has 0 spiro atoms. The van der Waals surface area contributed by atoms with Gasteiger partial charge in [0.15, 0.2) is 17.0 Å². The molecule has 1 aromatic carbocycles. The van der Waals surface area contributed by atoms with Gasteiger partial charge in [-0.25, -0.2) is 15.0 Å². The van der Waals surface area contributed by atoms with Crippen LogP contribution in [0.4, 0.5) is 5.82 Å². The minimum Gasteiger partial charge on any atom is -0.507 e. The van der Waals surface area contributed by atoms with Gasteiger partial charge in [-0.15, -0.1) is 0 Å². The van der Waals surface area contributed by atoms with Gasteiger partial charge in [0, 0.05) is 13.2 Å². The number of benzene rings is 1. The number of hydrogen-bond acceptors (Lipinski definition) is 6. The number of rotatable bonds is 4. The Kier molecular flexibility index (Phi) is 4.46. The number of imidazole rings is 1. The minimum absolute atomic E-state index is 0.00102. The van der Waals surface area contributed by atoms with Crippen molar-refractivity contribution in [2.24, 2.45) is 0 Å². The van der Waals surface area contributed by atoms with Crippen molar-refractivity contribution in [2.75, 3.05) is 11.9 Å². The fraction of sp³-hybridized carbons (Fsp3) is 0.421. The van der Waals surface area contributed by atoms with Gasteiger partial charge in [-0.05, 0) is 49.8 Å². The first-order valence-corrected chi connectivity index (χ1v) is 8.95. The van der Waals surface area contributed by atoms with Gasteiger partial charge in [0.2, 0.25) is 0 Å². The zero-order valence-electron chi connectivity index (χ0n) is 15.1. The van der Waals surface area contributed by atoms with E-state index >= 15 is 0 Å². The lowest BCUT2D eigenvalue weighted by Crippen LogP contribution is -2.17. The average Bonchev–Trinajstić information content (AvgIpc) is 3.09. The van der Waals surface area contributed by atoms with Crippen molar-refractivity contribution in [3.63, 3.8) is 0 Å². The zero-order valence-corrected chi connectivity index (χ0v) is 15.1. The molecule has 0 radical (unpaired) electrons. The number of aromatic nitrogens is 4. The van der Waals surface area contributed by atoms with E-state index in [-0.39, 0.29) is 6.23 Å². The lowest BCUT2D eigenvalue weighted by molar-refractivity contribution is -0.0298. The van der Waals surface area contributed by atoms with Crippen LogP contribution in [0.25, 0.3) is 11.2 Å². The van der Waals surface area contributed by atoms with Crippen molar-refractivity contribution in [1.29, 1.82) is 0 Å². The van der Waals surface area contributed by atoms with Gasteiger partial charge in [-0.3, -0.25) is 4.57 Å². The van der Waals surface area contributed by atoms with E-state index in [1.54, 1.807) is 12.7 Å². The Morgan fingerprint density at radius 2 is 2.00 bits per heavy atom. The maximum atomic E-state index is 9.92. The van der Waals surface area contributed by atoms with Gasteiger partial charge in [0.05, 0.1) is 6.33 Å². The molecule has 3 heterocycles. The molecule has 0 saturated carbocycles. The Hall–Kier alpha value is -2.67. The lowest BCUT2D eigenvalue weighted by Gasteiger charge is -2.23. The predicted octanol–water partition coefficient (Wildman–Crippen LogP) is 3.46. The third kappa shape index (κ3) is 3.10. The van der Waals surface area contributed by atoms with E-state index in [1.165, 1.54) is 0 Å². The van der Waals surface area contributed by atoms with E-state index in [1.807, 2.05) is 30.5 Å². The molecule has 1 saturated heterocycles. The minimum atomic E-state index is -0.00102. The quantitative estimate of drug-likeness (QED) is 0.747. The van der Waals surface area contributed by atoms with E-state index in [0.717, 1.165) is 53.7 Å². The number of nitrogens with one attached hydrogen (secondary N) is 1.